The van der Waals surface area contributed by atoms with Gasteiger partial charge in [0.2, 0.25) is 0 Å². The predicted octanol–water partition coefficient (Wildman–Crippen LogP) is 1.90. The Labute approximate surface area is 114 Å². The molecular weight excluding hydrogens is 244 g/mol. The molecular formula is C15H22O4. The van der Waals surface area contributed by atoms with E-state index >= 15 is 0 Å². The Hall–Kier alpha value is -1.36. The Balaban J connectivity index is 2.17. The lowest BCUT2D eigenvalue weighted by atomic mass is 10.1. The minimum absolute atomic E-state index is 0.301. The molecule has 0 radical (unpaired) electrons. The third-order valence-corrected chi connectivity index (χ3v) is 2.81. The van der Waals surface area contributed by atoms with Crippen molar-refractivity contribution in [3.05, 3.63) is 42.5 Å². The third-order valence-electron chi connectivity index (χ3n) is 2.81. The third kappa shape index (κ3) is 6.38. The van der Waals surface area contributed by atoms with Gasteiger partial charge in [0, 0.05) is 13.0 Å². The highest BCUT2D eigenvalue weighted by molar-refractivity contribution is 5.26. The molecule has 0 aliphatic carbocycles. The van der Waals surface area contributed by atoms with Crippen LogP contribution in [0.2, 0.25) is 0 Å². The van der Waals surface area contributed by atoms with Crippen LogP contribution in [0.1, 0.15) is 18.4 Å². The van der Waals surface area contributed by atoms with E-state index in [9.17, 15) is 10.2 Å². The zero-order valence-electron chi connectivity index (χ0n) is 11.3. The molecule has 1 aromatic carbocycles. The molecule has 1 aromatic rings. The fraction of sp³-hybridized carbons (Fsp3) is 0.467. The first kappa shape index (κ1) is 15.7. The summed E-state index contributed by atoms with van der Waals surface area (Å²) >= 11 is 0. The van der Waals surface area contributed by atoms with Gasteiger partial charge < -0.3 is 19.7 Å². The van der Waals surface area contributed by atoms with E-state index in [1.165, 1.54) is 6.08 Å². The number of hydrogen-bond donors (Lipinski definition) is 2. The summed E-state index contributed by atoms with van der Waals surface area (Å²) < 4.78 is 10.5. The van der Waals surface area contributed by atoms with Crippen LogP contribution in [0.15, 0.2) is 36.9 Å². The van der Waals surface area contributed by atoms with E-state index in [-0.39, 0.29) is 0 Å². The number of aliphatic hydroxyl groups is 2. The van der Waals surface area contributed by atoms with Gasteiger partial charge in [-0.1, -0.05) is 18.2 Å². The van der Waals surface area contributed by atoms with Crippen molar-refractivity contribution in [3.8, 4) is 5.75 Å². The van der Waals surface area contributed by atoms with Gasteiger partial charge in [-0.05, 0) is 24.1 Å². The molecule has 0 aliphatic rings. The number of ether oxygens (including phenoxy) is 2. The molecule has 0 spiro atoms. The smallest absolute Gasteiger partial charge is 0.118 e. The fourth-order valence-corrected chi connectivity index (χ4v) is 1.62. The molecule has 0 amide bonds. The molecule has 0 aliphatic heterocycles. The Morgan fingerprint density at radius 2 is 1.95 bits per heavy atom. The highest BCUT2D eigenvalue weighted by Gasteiger charge is 2.08. The molecule has 0 heterocycles. The maximum absolute atomic E-state index is 9.61. The number of hydrogen-bond acceptors (Lipinski definition) is 4. The van der Waals surface area contributed by atoms with E-state index in [0.717, 1.165) is 11.3 Å². The molecule has 0 bridgehead atoms. The zero-order chi connectivity index (χ0) is 14.1. The molecule has 0 saturated heterocycles. The largest absolute Gasteiger partial charge is 0.497 e. The molecule has 2 atom stereocenters. The van der Waals surface area contributed by atoms with Crippen molar-refractivity contribution in [1.82, 2.24) is 0 Å². The van der Waals surface area contributed by atoms with Crippen LogP contribution in [-0.2, 0) is 11.3 Å². The highest BCUT2D eigenvalue weighted by Crippen LogP contribution is 2.12. The van der Waals surface area contributed by atoms with Crippen molar-refractivity contribution in [1.29, 1.82) is 0 Å². The Bertz CT molecular complexity index is 361. The molecule has 4 nitrogen and oxygen atoms in total. The van der Waals surface area contributed by atoms with Crippen molar-refractivity contribution in [3.63, 3.8) is 0 Å². The van der Waals surface area contributed by atoms with Gasteiger partial charge >= 0.3 is 0 Å². The lowest BCUT2D eigenvalue weighted by Crippen LogP contribution is -2.17. The zero-order valence-corrected chi connectivity index (χ0v) is 11.3. The summed E-state index contributed by atoms with van der Waals surface area (Å²) in [5.74, 6) is 0.817. The van der Waals surface area contributed by atoms with E-state index in [1.54, 1.807) is 7.11 Å². The van der Waals surface area contributed by atoms with Crippen LogP contribution in [0.3, 0.4) is 0 Å². The minimum atomic E-state index is -0.656. The lowest BCUT2D eigenvalue weighted by Gasteiger charge is -2.13. The molecule has 19 heavy (non-hydrogen) atoms. The van der Waals surface area contributed by atoms with Crippen molar-refractivity contribution in [2.45, 2.75) is 31.7 Å². The Morgan fingerprint density at radius 3 is 2.53 bits per heavy atom. The van der Waals surface area contributed by atoms with Gasteiger partial charge in [0.05, 0.1) is 25.9 Å². The maximum atomic E-state index is 9.61. The second-order valence-corrected chi connectivity index (χ2v) is 4.38. The lowest BCUT2D eigenvalue weighted by molar-refractivity contribution is 0.0517. The SMILES string of the molecule is C=C[C@H](O)C[C@H](O)CCOCc1ccc(OC)cc1. The monoisotopic (exact) mass is 266 g/mol. The summed E-state index contributed by atoms with van der Waals surface area (Å²) in [5.41, 5.74) is 1.06. The molecule has 106 valence electrons. The average molecular weight is 266 g/mol. The van der Waals surface area contributed by atoms with Crippen LogP contribution in [0.4, 0.5) is 0 Å². The maximum Gasteiger partial charge on any atom is 0.118 e. The van der Waals surface area contributed by atoms with Crippen LogP contribution in [0.5, 0.6) is 5.75 Å². The summed E-state index contributed by atoms with van der Waals surface area (Å²) in [6.07, 6.45) is 0.998. The standard InChI is InChI=1S/C15H22O4/c1-3-13(16)10-14(17)8-9-19-11-12-4-6-15(18-2)7-5-12/h3-7,13-14,16-17H,1,8-11H2,2H3/t13-,14+/m0/s1. The molecule has 2 N–H and O–H groups in total. The van der Waals surface area contributed by atoms with Gasteiger partial charge in [-0.2, -0.15) is 0 Å². The average Bonchev–Trinajstić information content (AvgIpc) is 2.44. The second kappa shape index (κ2) is 8.69. The fourth-order valence-electron chi connectivity index (χ4n) is 1.62. The van der Waals surface area contributed by atoms with Gasteiger partial charge in [0.25, 0.3) is 0 Å². The summed E-state index contributed by atoms with van der Waals surface area (Å²) in [5, 5.41) is 18.9. The van der Waals surface area contributed by atoms with Crippen molar-refractivity contribution < 1.29 is 19.7 Å². The molecule has 0 unspecified atom stereocenters. The first-order chi connectivity index (χ1) is 9.15. The number of rotatable bonds is 9. The van der Waals surface area contributed by atoms with Crippen molar-refractivity contribution in [2.75, 3.05) is 13.7 Å². The summed E-state index contributed by atoms with van der Waals surface area (Å²) in [7, 11) is 1.63. The summed E-state index contributed by atoms with van der Waals surface area (Å²) in [4.78, 5) is 0. The van der Waals surface area contributed by atoms with Gasteiger partial charge in [-0.15, -0.1) is 6.58 Å². The van der Waals surface area contributed by atoms with Crippen LogP contribution >= 0.6 is 0 Å². The van der Waals surface area contributed by atoms with Gasteiger partial charge in [-0.3, -0.25) is 0 Å². The molecule has 1 rings (SSSR count). The van der Waals surface area contributed by atoms with Gasteiger partial charge in [-0.25, -0.2) is 0 Å². The van der Waals surface area contributed by atoms with E-state index < -0.39 is 12.2 Å². The van der Waals surface area contributed by atoms with Gasteiger partial charge in [0.1, 0.15) is 5.75 Å². The van der Waals surface area contributed by atoms with Crippen LogP contribution < -0.4 is 4.74 Å². The van der Waals surface area contributed by atoms with Crippen LogP contribution in [0, 0.1) is 0 Å². The number of methoxy groups -OCH3 is 1. The Kier molecular flexibility index (Phi) is 7.18. The van der Waals surface area contributed by atoms with Crippen LogP contribution in [-0.4, -0.2) is 36.1 Å². The topological polar surface area (TPSA) is 58.9 Å². The minimum Gasteiger partial charge on any atom is -0.497 e. The highest BCUT2D eigenvalue weighted by atomic mass is 16.5. The molecule has 0 fully saturated rings. The van der Waals surface area contributed by atoms with Crippen molar-refractivity contribution >= 4 is 0 Å². The molecule has 0 saturated carbocycles. The second-order valence-electron chi connectivity index (χ2n) is 4.38. The van der Waals surface area contributed by atoms with Gasteiger partial charge in [0.15, 0.2) is 0 Å². The quantitative estimate of drug-likeness (QED) is 0.529. The van der Waals surface area contributed by atoms with E-state index in [4.69, 9.17) is 9.47 Å². The normalized spacial score (nSPS) is 13.8. The molecule has 0 aromatic heterocycles. The van der Waals surface area contributed by atoms with Crippen LogP contribution in [0.25, 0.3) is 0 Å². The number of aliphatic hydroxyl groups excluding tert-OH is 2. The first-order valence-corrected chi connectivity index (χ1v) is 6.35. The van der Waals surface area contributed by atoms with E-state index in [1.807, 2.05) is 24.3 Å². The molecule has 4 heteroatoms. The summed E-state index contributed by atoms with van der Waals surface area (Å²) in [6.45, 7) is 4.42. The number of benzene rings is 1. The van der Waals surface area contributed by atoms with Crippen molar-refractivity contribution in [2.24, 2.45) is 0 Å². The first-order valence-electron chi connectivity index (χ1n) is 6.35. The van der Waals surface area contributed by atoms with E-state index in [0.29, 0.717) is 26.1 Å². The predicted molar refractivity (Wildman–Crippen MR) is 74.1 cm³/mol. The van der Waals surface area contributed by atoms with E-state index in [2.05, 4.69) is 6.58 Å². The summed E-state index contributed by atoms with van der Waals surface area (Å²) in [6, 6.07) is 7.65. The Morgan fingerprint density at radius 1 is 1.26 bits per heavy atom.